The Balaban J connectivity index is 1.54. The van der Waals surface area contributed by atoms with Crippen LogP contribution in [0.3, 0.4) is 0 Å². The van der Waals surface area contributed by atoms with Crippen molar-refractivity contribution in [2.45, 2.75) is 12.5 Å². The molecule has 0 aliphatic heterocycles. The number of carbonyl (C=O) groups excluding carboxylic acids is 2. The Morgan fingerprint density at radius 3 is 2.21 bits per heavy atom. The Bertz CT molecular complexity index is 1030. The number of ether oxygens (including phenoxy) is 1. The van der Waals surface area contributed by atoms with Gasteiger partial charge in [0.15, 0.2) is 0 Å². The summed E-state index contributed by atoms with van der Waals surface area (Å²) in [5.41, 5.74) is 2.45. The number of carbonyl (C=O) groups is 2. The molecule has 0 saturated heterocycles. The summed E-state index contributed by atoms with van der Waals surface area (Å²) in [7, 11) is 1.62. The van der Waals surface area contributed by atoms with E-state index >= 15 is 0 Å². The number of hydrogen-bond acceptors (Lipinski definition) is 4. The van der Waals surface area contributed by atoms with Gasteiger partial charge in [-0.15, -0.1) is 0 Å². The molecule has 4 N–H and O–H groups in total. The first-order valence-electron chi connectivity index (χ1n) is 10.6. The predicted octanol–water partition coefficient (Wildman–Crippen LogP) is 4.31. The molecule has 3 amide bonds. The summed E-state index contributed by atoms with van der Waals surface area (Å²) < 4.78 is 5.15. The van der Waals surface area contributed by atoms with Crippen molar-refractivity contribution < 1.29 is 14.3 Å². The topological polar surface area (TPSA) is 91.5 Å². The van der Waals surface area contributed by atoms with Gasteiger partial charge in [0.05, 0.1) is 7.11 Å². The number of hydrogen-bond donors (Lipinski definition) is 4. The zero-order chi connectivity index (χ0) is 23.5. The highest BCUT2D eigenvalue weighted by molar-refractivity contribution is 6.30. The maximum atomic E-state index is 12.9. The van der Waals surface area contributed by atoms with E-state index in [9.17, 15) is 9.59 Å². The predicted molar refractivity (Wildman–Crippen MR) is 132 cm³/mol. The standard InChI is InChI=1S/C25H27ClN4O3/c1-33-22-13-11-20(12-14-22)27-15-16-28-24(31)23(17-18-5-3-2-4-6-18)30-25(32)29-21-9-7-19(26)8-10-21/h2-14,23,27H,15-17H2,1H3,(H,28,31)(H2,29,30,32)/t23-/m0/s1. The third-order valence-electron chi connectivity index (χ3n) is 4.85. The second kappa shape index (κ2) is 12.4. The quantitative estimate of drug-likeness (QED) is 0.335. The Kier molecular flexibility index (Phi) is 8.97. The summed E-state index contributed by atoms with van der Waals surface area (Å²) in [6, 6.07) is 22.6. The number of nitrogens with one attached hydrogen (secondary N) is 4. The number of amides is 3. The van der Waals surface area contributed by atoms with Gasteiger partial charge in [-0.3, -0.25) is 4.79 Å². The first-order chi connectivity index (χ1) is 16.0. The molecule has 0 bridgehead atoms. The van der Waals surface area contributed by atoms with Crippen molar-refractivity contribution in [2.75, 3.05) is 30.8 Å². The van der Waals surface area contributed by atoms with Gasteiger partial charge in [0.25, 0.3) is 0 Å². The number of rotatable bonds is 10. The Morgan fingerprint density at radius 2 is 1.55 bits per heavy atom. The van der Waals surface area contributed by atoms with Crippen molar-refractivity contribution in [2.24, 2.45) is 0 Å². The SMILES string of the molecule is COc1ccc(NCCNC(=O)[C@H](Cc2ccccc2)NC(=O)Nc2ccc(Cl)cc2)cc1. The first-order valence-corrected chi connectivity index (χ1v) is 10.9. The average molecular weight is 467 g/mol. The zero-order valence-corrected chi connectivity index (χ0v) is 19.1. The third-order valence-corrected chi connectivity index (χ3v) is 5.10. The van der Waals surface area contributed by atoms with Crippen LogP contribution in [-0.4, -0.2) is 38.2 Å². The molecule has 172 valence electrons. The van der Waals surface area contributed by atoms with E-state index in [1.54, 1.807) is 31.4 Å². The van der Waals surface area contributed by atoms with Crippen molar-refractivity contribution in [3.05, 3.63) is 89.4 Å². The molecule has 3 aromatic carbocycles. The molecule has 0 fully saturated rings. The minimum absolute atomic E-state index is 0.262. The Hall–Kier alpha value is -3.71. The van der Waals surface area contributed by atoms with Crippen molar-refractivity contribution in [3.8, 4) is 5.75 Å². The van der Waals surface area contributed by atoms with Gasteiger partial charge in [0.2, 0.25) is 5.91 Å². The zero-order valence-electron chi connectivity index (χ0n) is 18.3. The minimum Gasteiger partial charge on any atom is -0.497 e. The molecule has 0 aliphatic rings. The van der Waals surface area contributed by atoms with Crippen LogP contribution in [0.25, 0.3) is 0 Å². The molecule has 0 aromatic heterocycles. The van der Waals surface area contributed by atoms with Gasteiger partial charge in [-0.25, -0.2) is 4.79 Å². The molecule has 1 atom stereocenters. The highest BCUT2D eigenvalue weighted by Gasteiger charge is 2.21. The van der Waals surface area contributed by atoms with Gasteiger partial charge in [-0.2, -0.15) is 0 Å². The summed E-state index contributed by atoms with van der Waals surface area (Å²) in [5, 5.41) is 12.2. The number of benzene rings is 3. The maximum Gasteiger partial charge on any atom is 0.319 e. The van der Waals surface area contributed by atoms with Crippen LogP contribution < -0.4 is 26.0 Å². The Morgan fingerprint density at radius 1 is 0.879 bits per heavy atom. The summed E-state index contributed by atoms with van der Waals surface area (Å²) in [5.74, 6) is 0.516. The van der Waals surface area contributed by atoms with Crippen molar-refractivity contribution in [1.82, 2.24) is 10.6 Å². The van der Waals surface area contributed by atoms with E-state index in [0.29, 0.717) is 30.2 Å². The molecule has 7 nitrogen and oxygen atoms in total. The van der Waals surface area contributed by atoms with Gasteiger partial charge in [0.1, 0.15) is 11.8 Å². The van der Waals surface area contributed by atoms with E-state index in [1.807, 2.05) is 54.6 Å². The molecular formula is C25H27ClN4O3. The van der Waals surface area contributed by atoms with Gasteiger partial charge in [-0.1, -0.05) is 41.9 Å². The second-order valence-corrected chi connectivity index (χ2v) is 7.73. The van der Waals surface area contributed by atoms with E-state index < -0.39 is 12.1 Å². The largest absolute Gasteiger partial charge is 0.497 e. The molecule has 0 unspecified atom stereocenters. The maximum absolute atomic E-state index is 12.9. The van der Waals surface area contributed by atoms with Gasteiger partial charge in [0, 0.05) is 35.9 Å². The molecular weight excluding hydrogens is 440 g/mol. The van der Waals surface area contributed by atoms with Crippen molar-refractivity contribution >= 4 is 34.9 Å². The minimum atomic E-state index is -0.735. The summed E-state index contributed by atoms with van der Waals surface area (Å²) in [6.07, 6.45) is 0.368. The molecule has 0 aliphatic carbocycles. The van der Waals surface area contributed by atoms with Gasteiger partial charge in [-0.05, 0) is 54.1 Å². The molecule has 8 heteroatoms. The normalized spacial score (nSPS) is 11.2. The van der Waals surface area contributed by atoms with E-state index in [0.717, 1.165) is 17.0 Å². The lowest BCUT2D eigenvalue weighted by atomic mass is 10.1. The van der Waals surface area contributed by atoms with Gasteiger partial charge >= 0.3 is 6.03 Å². The molecule has 33 heavy (non-hydrogen) atoms. The fraction of sp³-hybridized carbons (Fsp3) is 0.200. The number of anilines is 2. The lowest BCUT2D eigenvalue weighted by Gasteiger charge is -2.19. The number of methoxy groups -OCH3 is 1. The third kappa shape index (κ3) is 8.05. The van der Waals surface area contributed by atoms with Crippen LogP contribution in [0.2, 0.25) is 5.02 Å². The van der Waals surface area contributed by atoms with Gasteiger partial charge < -0.3 is 26.0 Å². The highest BCUT2D eigenvalue weighted by Crippen LogP contribution is 2.15. The van der Waals surface area contributed by atoms with Crippen LogP contribution in [0.1, 0.15) is 5.56 Å². The molecule has 0 heterocycles. The summed E-state index contributed by atoms with van der Waals surface area (Å²) in [6.45, 7) is 0.934. The second-order valence-electron chi connectivity index (χ2n) is 7.29. The molecule has 0 saturated carbocycles. The smallest absolute Gasteiger partial charge is 0.319 e. The van der Waals surface area contributed by atoms with Crippen LogP contribution in [0.15, 0.2) is 78.9 Å². The van der Waals surface area contributed by atoms with Crippen molar-refractivity contribution in [1.29, 1.82) is 0 Å². The fourth-order valence-electron chi connectivity index (χ4n) is 3.14. The molecule has 0 radical (unpaired) electrons. The van der Waals surface area contributed by atoms with E-state index in [2.05, 4.69) is 21.3 Å². The molecule has 3 rings (SSSR count). The van der Waals surface area contributed by atoms with Crippen molar-refractivity contribution in [3.63, 3.8) is 0 Å². The summed E-state index contributed by atoms with van der Waals surface area (Å²) >= 11 is 5.89. The Labute approximate surface area is 198 Å². The van der Waals surface area contributed by atoms with E-state index in [4.69, 9.17) is 16.3 Å². The van der Waals surface area contributed by atoms with Crippen LogP contribution in [0, 0.1) is 0 Å². The van der Waals surface area contributed by atoms with Crippen LogP contribution in [0.4, 0.5) is 16.2 Å². The van der Waals surface area contributed by atoms with Crippen LogP contribution in [0.5, 0.6) is 5.75 Å². The fourth-order valence-corrected chi connectivity index (χ4v) is 3.27. The molecule has 0 spiro atoms. The average Bonchev–Trinajstić information content (AvgIpc) is 2.84. The first kappa shape index (κ1) is 23.9. The monoisotopic (exact) mass is 466 g/mol. The van der Waals surface area contributed by atoms with E-state index in [1.165, 1.54) is 0 Å². The molecule has 3 aromatic rings. The lowest BCUT2D eigenvalue weighted by molar-refractivity contribution is -0.122. The lowest BCUT2D eigenvalue weighted by Crippen LogP contribution is -2.50. The van der Waals surface area contributed by atoms with Crippen LogP contribution in [-0.2, 0) is 11.2 Å². The number of halogens is 1. The van der Waals surface area contributed by atoms with Crippen LogP contribution >= 0.6 is 11.6 Å². The highest BCUT2D eigenvalue weighted by atomic mass is 35.5. The van der Waals surface area contributed by atoms with E-state index in [-0.39, 0.29) is 5.91 Å². The summed E-state index contributed by atoms with van der Waals surface area (Å²) in [4.78, 5) is 25.4. The number of urea groups is 1.